The summed E-state index contributed by atoms with van der Waals surface area (Å²) in [6, 6.07) is 2.05. The molecule has 4 heteroatoms. The van der Waals surface area contributed by atoms with Crippen LogP contribution in [0.3, 0.4) is 0 Å². The first-order chi connectivity index (χ1) is 8.04. The maximum Gasteiger partial charge on any atom is 0.125 e. The fourth-order valence-electron chi connectivity index (χ4n) is 2.08. The van der Waals surface area contributed by atoms with Crippen molar-refractivity contribution in [2.45, 2.75) is 32.6 Å². The molecular formula is C13H19N3S. The van der Waals surface area contributed by atoms with Gasteiger partial charge in [-0.05, 0) is 26.0 Å². The molecule has 0 bridgehead atoms. The predicted octanol–water partition coefficient (Wildman–Crippen LogP) is 3.07. The van der Waals surface area contributed by atoms with E-state index >= 15 is 0 Å². The first kappa shape index (κ1) is 12.3. The number of aryl methyl sites for hydroxylation is 1. The van der Waals surface area contributed by atoms with Crippen molar-refractivity contribution >= 4 is 11.3 Å². The van der Waals surface area contributed by atoms with Crippen molar-refractivity contribution in [3.05, 3.63) is 29.0 Å². The third kappa shape index (κ3) is 2.42. The van der Waals surface area contributed by atoms with Crippen LogP contribution in [0.25, 0.3) is 10.6 Å². The highest BCUT2D eigenvalue weighted by molar-refractivity contribution is 7.15. The van der Waals surface area contributed by atoms with Gasteiger partial charge in [0.1, 0.15) is 5.01 Å². The van der Waals surface area contributed by atoms with Crippen LogP contribution in [-0.2, 0) is 5.41 Å². The summed E-state index contributed by atoms with van der Waals surface area (Å²) in [5.41, 5.74) is 8.09. The number of rotatable bonds is 4. The summed E-state index contributed by atoms with van der Waals surface area (Å²) >= 11 is 1.78. The Bertz CT molecular complexity index is 483. The normalized spacial score (nSPS) is 12.0. The van der Waals surface area contributed by atoms with E-state index in [9.17, 15) is 0 Å². The van der Waals surface area contributed by atoms with Crippen LogP contribution in [0.15, 0.2) is 18.5 Å². The molecule has 3 nitrogen and oxygen atoms in total. The minimum absolute atomic E-state index is 0.116. The molecule has 0 saturated heterocycles. The molecule has 92 valence electrons. The second-order valence-corrected chi connectivity index (χ2v) is 5.95. The lowest BCUT2D eigenvalue weighted by Crippen LogP contribution is -2.21. The summed E-state index contributed by atoms with van der Waals surface area (Å²) in [7, 11) is 0. The first-order valence-electron chi connectivity index (χ1n) is 5.86. The molecule has 2 aromatic heterocycles. The molecule has 0 aliphatic heterocycles. The van der Waals surface area contributed by atoms with Gasteiger partial charge in [-0.2, -0.15) is 0 Å². The average Bonchev–Trinajstić information content (AvgIpc) is 2.85. The van der Waals surface area contributed by atoms with Crippen LogP contribution < -0.4 is 5.73 Å². The number of nitrogens with zero attached hydrogens (tertiary/aromatic N) is 1. The SMILES string of the molecule is Cc1nc(-c2cc[nH]c2)sc1C(C)(C)CCN. The van der Waals surface area contributed by atoms with E-state index in [1.54, 1.807) is 11.3 Å². The Morgan fingerprint density at radius 2 is 2.24 bits per heavy atom. The molecule has 2 heterocycles. The van der Waals surface area contributed by atoms with Crippen LogP contribution >= 0.6 is 11.3 Å². The van der Waals surface area contributed by atoms with E-state index in [4.69, 9.17) is 5.73 Å². The highest BCUT2D eigenvalue weighted by atomic mass is 32.1. The molecule has 2 aromatic rings. The van der Waals surface area contributed by atoms with Gasteiger partial charge in [0.2, 0.25) is 0 Å². The van der Waals surface area contributed by atoms with Gasteiger partial charge in [0.25, 0.3) is 0 Å². The number of nitrogens with one attached hydrogen (secondary N) is 1. The summed E-state index contributed by atoms with van der Waals surface area (Å²) < 4.78 is 0. The molecule has 3 N–H and O–H groups in total. The Hall–Kier alpha value is -1.13. The van der Waals surface area contributed by atoms with Gasteiger partial charge in [0.15, 0.2) is 0 Å². The van der Waals surface area contributed by atoms with Gasteiger partial charge < -0.3 is 10.7 Å². The summed E-state index contributed by atoms with van der Waals surface area (Å²) in [4.78, 5) is 9.07. The molecular weight excluding hydrogens is 230 g/mol. The fraction of sp³-hybridized carbons (Fsp3) is 0.462. The molecule has 0 atom stereocenters. The molecule has 0 aliphatic carbocycles. The minimum Gasteiger partial charge on any atom is -0.367 e. The van der Waals surface area contributed by atoms with Crippen molar-refractivity contribution < 1.29 is 0 Å². The van der Waals surface area contributed by atoms with Crippen LogP contribution in [0.1, 0.15) is 30.8 Å². The Kier molecular flexibility index (Phi) is 3.35. The number of aromatic amines is 1. The summed E-state index contributed by atoms with van der Waals surface area (Å²) in [6.45, 7) is 7.27. The van der Waals surface area contributed by atoms with Crippen LogP contribution in [0.5, 0.6) is 0 Å². The third-order valence-corrected chi connectivity index (χ3v) is 4.60. The Morgan fingerprint density at radius 3 is 2.82 bits per heavy atom. The molecule has 2 rings (SSSR count). The smallest absolute Gasteiger partial charge is 0.125 e. The molecule has 0 fully saturated rings. The van der Waals surface area contributed by atoms with E-state index in [2.05, 4.69) is 36.8 Å². The lowest BCUT2D eigenvalue weighted by molar-refractivity contribution is 0.494. The summed E-state index contributed by atoms with van der Waals surface area (Å²) in [6.07, 6.45) is 4.90. The standard InChI is InChI=1S/C13H19N3S/c1-9-11(13(2,3)5-6-14)17-12(16-9)10-4-7-15-8-10/h4,7-8,15H,5-6,14H2,1-3H3. The zero-order valence-electron chi connectivity index (χ0n) is 10.6. The molecule has 0 unspecified atom stereocenters. The molecule has 0 aliphatic rings. The zero-order chi connectivity index (χ0) is 12.5. The van der Waals surface area contributed by atoms with Gasteiger partial charge in [0.05, 0.1) is 5.69 Å². The Labute approximate surface area is 106 Å². The van der Waals surface area contributed by atoms with Crippen molar-refractivity contribution in [1.29, 1.82) is 0 Å². The number of hydrogen-bond acceptors (Lipinski definition) is 3. The third-order valence-electron chi connectivity index (χ3n) is 3.03. The van der Waals surface area contributed by atoms with E-state index in [1.807, 2.05) is 12.4 Å². The number of H-pyrrole nitrogens is 1. The number of nitrogens with two attached hydrogens (primary N) is 1. The molecule has 0 radical (unpaired) electrons. The lowest BCUT2D eigenvalue weighted by Gasteiger charge is -2.22. The van der Waals surface area contributed by atoms with Crippen LogP contribution in [0, 0.1) is 6.92 Å². The zero-order valence-corrected chi connectivity index (χ0v) is 11.4. The maximum absolute atomic E-state index is 5.68. The second-order valence-electron chi connectivity index (χ2n) is 4.96. The van der Waals surface area contributed by atoms with Gasteiger partial charge in [-0.15, -0.1) is 11.3 Å². The van der Waals surface area contributed by atoms with Crippen LogP contribution in [-0.4, -0.2) is 16.5 Å². The molecule has 0 saturated carbocycles. The molecule has 17 heavy (non-hydrogen) atoms. The van der Waals surface area contributed by atoms with E-state index in [-0.39, 0.29) is 5.41 Å². The van der Waals surface area contributed by atoms with E-state index in [0.29, 0.717) is 6.54 Å². The Morgan fingerprint density at radius 1 is 1.47 bits per heavy atom. The Balaban J connectivity index is 2.37. The molecule has 0 amide bonds. The highest BCUT2D eigenvalue weighted by Gasteiger charge is 2.25. The highest BCUT2D eigenvalue weighted by Crippen LogP contribution is 2.37. The predicted molar refractivity (Wildman–Crippen MR) is 73.3 cm³/mol. The van der Waals surface area contributed by atoms with Crippen LogP contribution in [0.2, 0.25) is 0 Å². The van der Waals surface area contributed by atoms with Crippen molar-refractivity contribution in [2.75, 3.05) is 6.54 Å². The quantitative estimate of drug-likeness (QED) is 0.875. The molecule has 0 spiro atoms. The number of thiazole rings is 1. The van der Waals surface area contributed by atoms with E-state index < -0.39 is 0 Å². The monoisotopic (exact) mass is 249 g/mol. The lowest BCUT2D eigenvalue weighted by atomic mass is 9.87. The van der Waals surface area contributed by atoms with Gasteiger partial charge in [0, 0.05) is 28.2 Å². The fourth-order valence-corrected chi connectivity index (χ4v) is 3.27. The van der Waals surface area contributed by atoms with Crippen molar-refractivity contribution in [1.82, 2.24) is 9.97 Å². The number of hydrogen-bond donors (Lipinski definition) is 2. The number of aromatic nitrogens is 2. The van der Waals surface area contributed by atoms with E-state index in [1.165, 1.54) is 4.88 Å². The van der Waals surface area contributed by atoms with Gasteiger partial charge in [-0.1, -0.05) is 13.8 Å². The topological polar surface area (TPSA) is 54.7 Å². The summed E-state index contributed by atoms with van der Waals surface area (Å²) in [5.74, 6) is 0. The van der Waals surface area contributed by atoms with Crippen molar-refractivity contribution in [3.63, 3.8) is 0 Å². The second kappa shape index (κ2) is 4.63. The summed E-state index contributed by atoms with van der Waals surface area (Å²) in [5, 5.41) is 1.09. The van der Waals surface area contributed by atoms with E-state index in [0.717, 1.165) is 22.7 Å². The van der Waals surface area contributed by atoms with Crippen molar-refractivity contribution in [2.24, 2.45) is 5.73 Å². The largest absolute Gasteiger partial charge is 0.367 e. The van der Waals surface area contributed by atoms with Crippen molar-refractivity contribution in [3.8, 4) is 10.6 Å². The first-order valence-corrected chi connectivity index (χ1v) is 6.67. The van der Waals surface area contributed by atoms with Gasteiger partial charge in [-0.25, -0.2) is 4.98 Å². The van der Waals surface area contributed by atoms with Gasteiger partial charge >= 0.3 is 0 Å². The average molecular weight is 249 g/mol. The minimum atomic E-state index is 0.116. The van der Waals surface area contributed by atoms with Gasteiger partial charge in [-0.3, -0.25) is 0 Å². The maximum atomic E-state index is 5.68. The van der Waals surface area contributed by atoms with Crippen LogP contribution in [0.4, 0.5) is 0 Å². The molecule has 0 aromatic carbocycles.